The lowest BCUT2D eigenvalue weighted by molar-refractivity contribution is -0.156. The number of halogens is 4. The van der Waals surface area contributed by atoms with Crippen LogP contribution >= 0.6 is 11.6 Å². The van der Waals surface area contributed by atoms with Gasteiger partial charge >= 0.3 is 12.1 Å². The number of allylic oxidation sites excluding steroid dienone is 1. The van der Waals surface area contributed by atoms with Gasteiger partial charge in [-0.25, -0.2) is 0 Å². The van der Waals surface area contributed by atoms with E-state index in [0.29, 0.717) is 0 Å². The summed E-state index contributed by atoms with van der Waals surface area (Å²) in [5, 5.41) is 0.160. The van der Waals surface area contributed by atoms with Crippen LogP contribution in [-0.2, 0) is 25.2 Å². The number of esters is 1. The summed E-state index contributed by atoms with van der Waals surface area (Å²) in [6.07, 6.45) is -2.54. The van der Waals surface area contributed by atoms with Gasteiger partial charge in [-0.3, -0.25) is 4.79 Å². The number of benzene rings is 1. The minimum Gasteiger partial charge on any atom is -0.495 e. The summed E-state index contributed by atoms with van der Waals surface area (Å²) in [4.78, 5) is 13.8. The van der Waals surface area contributed by atoms with Gasteiger partial charge in [-0.05, 0) is 50.6 Å². The zero-order valence-corrected chi connectivity index (χ0v) is 17.1. The zero-order valence-electron chi connectivity index (χ0n) is 16.3. The molecule has 2 unspecified atom stereocenters. The molecule has 0 N–H and O–H groups in total. The fraction of sp³-hybridized carbons (Fsp3) is 0.450. The van der Waals surface area contributed by atoms with E-state index < -0.39 is 35.6 Å². The van der Waals surface area contributed by atoms with E-state index in [-0.39, 0.29) is 28.5 Å². The Hall–Kier alpha value is -2.19. The normalized spacial score (nSPS) is 21.6. The Morgan fingerprint density at radius 1 is 1.28 bits per heavy atom. The minimum absolute atomic E-state index is 0.119. The SMILES string of the molecule is COC1=CN(CC(=O)OC(C)(C)C)C2OC2C=C1c1cc(Cl)ccc1C(F)(F)F. The number of alkyl halides is 3. The second-order valence-corrected chi connectivity index (χ2v) is 8.15. The maximum atomic E-state index is 13.5. The molecule has 29 heavy (non-hydrogen) atoms. The van der Waals surface area contributed by atoms with Crippen LogP contribution in [0.15, 0.2) is 36.2 Å². The van der Waals surface area contributed by atoms with Gasteiger partial charge in [-0.2, -0.15) is 13.2 Å². The van der Waals surface area contributed by atoms with Gasteiger partial charge in [0, 0.05) is 16.8 Å². The van der Waals surface area contributed by atoms with Crippen LogP contribution in [0, 0.1) is 0 Å². The minimum atomic E-state index is -4.58. The van der Waals surface area contributed by atoms with Crippen LogP contribution in [0.25, 0.3) is 5.57 Å². The smallest absolute Gasteiger partial charge is 0.417 e. The molecule has 3 rings (SSSR count). The van der Waals surface area contributed by atoms with Gasteiger partial charge in [0.25, 0.3) is 0 Å². The number of carbonyl (C=O) groups is 1. The summed E-state index contributed by atoms with van der Waals surface area (Å²) in [5.41, 5.74) is -1.42. The lowest BCUT2D eigenvalue weighted by Crippen LogP contribution is -2.34. The van der Waals surface area contributed by atoms with Crippen LogP contribution in [0.3, 0.4) is 0 Å². The predicted molar refractivity (Wildman–Crippen MR) is 101 cm³/mol. The van der Waals surface area contributed by atoms with E-state index in [4.69, 9.17) is 25.8 Å². The Bertz CT molecular complexity index is 873. The highest BCUT2D eigenvalue weighted by Gasteiger charge is 2.46. The number of nitrogens with zero attached hydrogens (tertiary/aromatic N) is 1. The van der Waals surface area contributed by atoms with Crippen LogP contribution in [0.1, 0.15) is 31.9 Å². The summed E-state index contributed by atoms with van der Waals surface area (Å²) in [5.74, 6) is -0.322. The molecule has 2 aliphatic heterocycles. The Labute approximate surface area is 171 Å². The fourth-order valence-corrected chi connectivity index (χ4v) is 3.25. The van der Waals surface area contributed by atoms with Crippen LogP contribution in [0.2, 0.25) is 5.02 Å². The van der Waals surface area contributed by atoms with Crippen molar-refractivity contribution in [2.75, 3.05) is 13.7 Å². The quantitative estimate of drug-likeness (QED) is 0.514. The molecule has 0 saturated carbocycles. The second kappa shape index (κ2) is 7.57. The average molecular weight is 432 g/mol. The number of fused-ring (bicyclic) bond motifs is 1. The zero-order chi connectivity index (χ0) is 21.6. The van der Waals surface area contributed by atoms with E-state index in [0.717, 1.165) is 6.07 Å². The number of rotatable bonds is 4. The maximum Gasteiger partial charge on any atom is 0.417 e. The van der Waals surface area contributed by atoms with E-state index in [1.54, 1.807) is 31.7 Å². The number of hydrogen-bond acceptors (Lipinski definition) is 5. The van der Waals surface area contributed by atoms with Crippen molar-refractivity contribution in [1.82, 2.24) is 4.90 Å². The molecule has 158 valence electrons. The van der Waals surface area contributed by atoms with Crippen LogP contribution in [-0.4, -0.2) is 42.5 Å². The number of epoxide rings is 1. The molecule has 1 aromatic rings. The Morgan fingerprint density at radius 2 is 1.97 bits per heavy atom. The molecule has 0 aliphatic carbocycles. The number of carbonyl (C=O) groups excluding carboxylic acids is 1. The molecule has 5 nitrogen and oxygen atoms in total. The average Bonchev–Trinajstić information content (AvgIpc) is 3.33. The molecule has 0 amide bonds. The highest BCUT2D eigenvalue weighted by atomic mass is 35.5. The first-order valence-corrected chi connectivity index (χ1v) is 9.25. The van der Waals surface area contributed by atoms with Crippen LogP contribution in [0.4, 0.5) is 13.2 Å². The number of ether oxygens (including phenoxy) is 3. The summed E-state index contributed by atoms with van der Waals surface area (Å²) in [6.45, 7) is 5.11. The van der Waals surface area contributed by atoms with E-state index in [1.165, 1.54) is 25.4 Å². The van der Waals surface area contributed by atoms with Crippen molar-refractivity contribution in [3.63, 3.8) is 0 Å². The van der Waals surface area contributed by atoms with Gasteiger partial charge < -0.3 is 19.1 Å². The van der Waals surface area contributed by atoms with E-state index in [9.17, 15) is 18.0 Å². The molecule has 1 aromatic carbocycles. The van der Waals surface area contributed by atoms with Crippen molar-refractivity contribution in [3.05, 3.63) is 52.4 Å². The molecule has 0 spiro atoms. The third kappa shape index (κ3) is 5.05. The first-order valence-electron chi connectivity index (χ1n) is 8.87. The molecule has 0 bridgehead atoms. The van der Waals surface area contributed by atoms with Gasteiger partial charge in [0.1, 0.15) is 24.0 Å². The third-order valence-corrected chi connectivity index (χ3v) is 4.47. The molecule has 9 heteroatoms. The lowest BCUT2D eigenvalue weighted by Gasteiger charge is -2.23. The first-order chi connectivity index (χ1) is 13.4. The number of hydrogen-bond donors (Lipinski definition) is 0. The van der Waals surface area contributed by atoms with E-state index >= 15 is 0 Å². The van der Waals surface area contributed by atoms with Crippen molar-refractivity contribution in [2.24, 2.45) is 0 Å². The summed E-state index contributed by atoms with van der Waals surface area (Å²) >= 11 is 5.97. The maximum absolute atomic E-state index is 13.5. The second-order valence-electron chi connectivity index (χ2n) is 7.72. The van der Waals surface area contributed by atoms with Crippen molar-refractivity contribution < 1.29 is 32.2 Å². The summed E-state index contributed by atoms with van der Waals surface area (Å²) in [7, 11) is 1.35. The van der Waals surface area contributed by atoms with Crippen molar-refractivity contribution in [1.29, 1.82) is 0 Å². The molecular weight excluding hydrogens is 411 g/mol. The monoisotopic (exact) mass is 431 g/mol. The van der Waals surface area contributed by atoms with E-state index in [1.807, 2.05) is 0 Å². The molecular formula is C20H21ClF3NO4. The van der Waals surface area contributed by atoms with Crippen LogP contribution < -0.4 is 0 Å². The molecule has 0 radical (unpaired) electrons. The largest absolute Gasteiger partial charge is 0.495 e. The van der Waals surface area contributed by atoms with Crippen LogP contribution in [0.5, 0.6) is 0 Å². The number of methoxy groups -OCH3 is 1. The molecule has 0 aromatic heterocycles. The van der Waals surface area contributed by atoms with Gasteiger partial charge in [0.2, 0.25) is 0 Å². The lowest BCUT2D eigenvalue weighted by atomic mass is 9.97. The molecule has 2 atom stereocenters. The van der Waals surface area contributed by atoms with Gasteiger partial charge in [-0.1, -0.05) is 11.6 Å². The Kier molecular flexibility index (Phi) is 5.62. The third-order valence-electron chi connectivity index (χ3n) is 4.24. The van der Waals surface area contributed by atoms with Crippen molar-refractivity contribution in [3.8, 4) is 0 Å². The van der Waals surface area contributed by atoms with Crippen molar-refractivity contribution >= 4 is 23.1 Å². The molecule has 2 aliphatic rings. The van der Waals surface area contributed by atoms with Gasteiger partial charge in [0.15, 0.2) is 6.23 Å². The highest BCUT2D eigenvalue weighted by Crippen LogP contribution is 2.42. The standard InChI is InChI=1S/C20H21ClF3NO4/c1-19(2,3)29-17(26)10-25-9-16(27-4)13(8-15-18(25)28-15)12-7-11(21)5-6-14(12)20(22,23)24/h5-9,15,18H,10H2,1-4H3. The molecule has 1 saturated heterocycles. The molecule has 1 fully saturated rings. The van der Waals surface area contributed by atoms with Gasteiger partial charge in [0.05, 0.1) is 12.7 Å². The van der Waals surface area contributed by atoms with Gasteiger partial charge in [-0.15, -0.1) is 0 Å². The summed E-state index contributed by atoms with van der Waals surface area (Å²) < 4.78 is 56.9. The first kappa shape index (κ1) is 21.5. The summed E-state index contributed by atoms with van der Waals surface area (Å²) in [6, 6.07) is 3.36. The predicted octanol–water partition coefficient (Wildman–Crippen LogP) is 4.61. The highest BCUT2D eigenvalue weighted by molar-refractivity contribution is 6.30. The van der Waals surface area contributed by atoms with E-state index in [2.05, 4.69) is 0 Å². The Balaban J connectivity index is 1.97. The Morgan fingerprint density at radius 3 is 2.55 bits per heavy atom. The fourth-order valence-electron chi connectivity index (χ4n) is 3.07. The topological polar surface area (TPSA) is 51.3 Å². The molecule has 2 heterocycles. The van der Waals surface area contributed by atoms with Crippen molar-refractivity contribution in [2.45, 2.75) is 44.9 Å².